The second-order valence-electron chi connectivity index (χ2n) is 10.5. The normalized spacial score (nSPS) is 28.0. The molecule has 33 heavy (non-hydrogen) atoms. The van der Waals surface area contributed by atoms with Crippen LogP contribution in [0.15, 0.2) is 44.6 Å². The van der Waals surface area contributed by atoms with E-state index in [1.54, 1.807) is 13.8 Å². The van der Waals surface area contributed by atoms with E-state index >= 15 is 0 Å². The van der Waals surface area contributed by atoms with Gasteiger partial charge in [0.1, 0.15) is 11.5 Å². The van der Waals surface area contributed by atoms with Crippen molar-refractivity contribution in [3.63, 3.8) is 0 Å². The minimum atomic E-state index is -0.879. The molecule has 0 atom stereocenters. The first kappa shape index (κ1) is 22.3. The average molecular weight is 470 g/mol. The van der Waals surface area contributed by atoms with Crippen LogP contribution in [-0.2, 0) is 4.79 Å². The van der Waals surface area contributed by atoms with Gasteiger partial charge in [0, 0.05) is 10.9 Å². The van der Waals surface area contributed by atoms with E-state index in [-0.39, 0.29) is 30.2 Å². The van der Waals surface area contributed by atoms with Crippen molar-refractivity contribution in [2.45, 2.75) is 61.8 Å². The van der Waals surface area contributed by atoms with Gasteiger partial charge in [-0.1, -0.05) is 30.0 Å². The number of benzene rings is 1. The summed E-state index contributed by atoms with van der Waals surface area (Å²) >= 11 is 1.37. The summed E-state index contributed by atoms with van der Waals surface area (Å²) in [6, 6.07) is 9.90. The Kier molecular flexibility index (Phi) is 5.89. The fraction of sp³-hybridized carbons (Fsp3) is 0.560. The Morgan fingerprint density at radius 3 is 2.36 bits per heavy atom. The number of nitrogens with two attached hydrogens (primary N) is 1. The molecule has 2 aromatic rings. The van der Waals surface area contributed by atoms with Crippen molar-refractivity contribution >= 4 is 23.6 Å². The second kappa shape index (κ2) is 8.70. The van der Waals surface area contributed by atoms with Crippen LogP contribution in [0.2, 0.25) is 0 Å². The molecule has 1 aromatic carbocycles. The van der Waals surface area contributed by atoms with E-state index in [4.69, 9.17) is 15.0 Å². The molecule has 2 amide bonds. The number of hydrogen-bond donors (Lipinski definition) is 2. The maximum Gasteiger partial charge on any atom is 0.291 e. The van der Waals surface area contributed by atoms with Crippen LogP contribution in [0, 0.1) is 29.1 Å². The van der Waals surface area contributed by atoms with Gasteiger partial charge in [0.2, 0.25) is 11.7 Å². The molecule has 4 bridgehead atoms. The molecule has 7 nitrogen and oxygen atoms in total. The number of nitrogens with zero attached hydrogens (tertiary/aromatic N) is 1. The Labute approximate surface area is 198 Å². The minimum Gasteiger partial charge on any atom is -0.474 e. The fourth-order valence-corrected chi connectivity index (χ4v) is 6.83. The first-order valence-corrected chi connectivity index (χ1v) is 12.6. The van der Waals surface area contributed by atoms with Crippen molar-refractivity contribution in [1.82, 2.24) is 10.5 Å². The van der Waals surface area contributed by atoms with E-state index in [0.29, 0.717) is 16.7 Å². The van der Waals surface area contributed by atoms with E-state index in [1.165, 1.54) is 43.9 Å². The summed E-state index contributed by atoms with van der Waals surface area (Å²) in [5.74, 6) is 2.44. The van der Waals surface area contributed by atoms with Crippen molar-refractivity contribution in [2.75, 3.05) is 6.61 Å². The van der Waals surface area contributed by atoms with Gasteiger partial charge in [-0.2, -0.15) is 0 Å². The Bertz CT molecular complexity index is 1010. The van der Waals surface area contributed by atoms with E-state index in [2.05, 4.69) is 10.5 Å². The van der Waals surface area contributed by atoms with E-state index in [0.717, 1.165) is 16.7 Å². The number of rotatable bonds is 8. The first-order chi connectivity index (χ1) is 15.8. The highest BCUT2D eigenvalue weighted by molar-refractivity contribution is 7.99. The Morgan fingerprint density at radius 1 is 1.12 bits per heavy atom. The molecule has 176 valence electrons. The summed E-state index contributed by atoms with van der Waals surface area (Å²) in [6.07, 6.45) is 6.25. The van der Waals surface area contributed by atoms with Crippen LogP contribution >= 0.6 is 11.8 Å². The number of carbonyl (C=O) groups is 2. The molecule has 4 aliphatic carbocycles. The summed E-state index contributed by atoms with van der Waals surface area (Å²) in [5.41, 5.74) is 4.60. The lowest BCUT2D eigenvalue weighted by Crippen LogP contribution is -2.55. The molecule has 8 heteroatoms. The largest absolute Gasteiger partial charge is 0.474 e. The highest BCUT2D eigenvalue weighted by Gasteiger charge is 2.49. The molecule has 0 radical (unpaired) electrons. The van der Waals surface area contributed by atoms with Crippen molar-refractivity contribution in [1.29, 1.82) is 0 Å². The molecule has 0 unspecified atom stereocenters. The molecule has 0 aliphatic heterocycles. The Morgan fingerprint density at radius 2 is 1.76 bits per heavy atom. The van der Waals surface area contributed by atoms with E-state index in [1.807, 2.05) is 30.3 Å². The van der Waals surface area contributed by atoms with Crippen LogP contribution in [0.4, 0.5) is 0 Å². The number of carbonyl (C=O) groups excluding carboxylic acids is 2. The summed E-state index contributed by atoms with van der Waals surface area (Å²) in [6.45, 7) is 3.45. The molecule has 6 rings (SSSR count). The zero-order valence-electron chi connectivity index (χ0n) is 19.1. The van der Waals surface area contributed by atoms with Crippen molar-refractivity contribution in [3.05, 3.63) is 36.1 Å². The van der Waals surface area contributed by atoms with Crippen molar-refractivity contribution in [3.8, 4) is 5.88 Å². The van der Waals surface area contributed by atoms with Gasteiger partial charge in [-0.25, -0.2) is 0 Å². The molecule has 0 saturated heterocycles. The molecule has 4 fully saturated rings. The minimum absolute atomic E-state index is 0.0355. The van der Waals surface area contributed by atoms with Crippen LogP contribution in [0.3, 0.4) is 0 Å². The van der Waals surface area contributed by atoms with Crippen molar-refractivity contribution in [2.24, 2.45) is 34.8 Å². The summed E-state index contributed by atoms with van der Waals surface area (Å²) in [7, 11) is 0. The van der Waals surface area contributed by atoms with Gasteiger partial charge in [0.05, 0.1) is 5.41 Å². The number of ether oxygens (including phenoxy) is 1. The quantitative estimate of drug-likeness (QED) is 0.598. The summed E-state index contributed by atoms with van der Waals surface area (Å²) in [5, 5.41) is 7.34. The first-order valence-electron chi connectivity index (χ1n) is 11.8. The lowest BCUT2D eigenvalue weighted by molar-refractivity contribution is -0.127. The monoisotopic (exact) mass is 469 g/mol. The van der Waals surface area contributed by atoms with Crippen LogP contribution in [0.25, 0.3) is 0 Å². The molecule has 4 aliphatic rings. The molecule has 4 saturated carbocycles. The zero-order valence-corrected chi connectivity index (χ0v) is 19.9. The zero-order chi connectivity index (χ0) is 23.2. The smallest absolute Gasteiger partial charge is 0.291 e. The third-order valence-corrected chi connectivity index (χ3v) is 8.62. The highest BCUT2D eigenvalue weighted by Crippen LogP contribution is 2.53. The number of aromatic nitrogens is 1. The molecular weight excluding hydrogens is 438 g/mol. The molecule has 0 spiro atoms. The average Bonchev–Trinajstić information content (AvgIpc) is 3.17. The van der Waals surface area contributed by atoms with Crippen LogP contribution < -0.4 is 15.8 Å². The van der Waals surface area contributed by atoms with Gasteiger partial charge in [0.25, 0.3) is 11.8 Å². The molecule has 1 heterocycles. The SMILES string of the molecule is CC(C)(COc1noc(C(=O)NC2C3CC4CC(C3)CC2C4)c1Sc1ccccc1)C(N)=O. The van der Waals surface area contributed by atoms with Gasteiger partial charge in [0.15, 0.2) is 0 Å². The number of hydrogen-bond acceptors (Lipinski definition) is 6. The maximum absolute atomic E-state index is 13.4. The van der Waals surface area contributed by atoms with Gasteiger partial charge < -0.3 is 20.3 Å². The topological polar surface area (TPSA) is 107 Å². The van der Waals surface area contributed by atoms with Gasteiger partial charge in [-0.15, -0.1) is 0 Å². The fourth-order valence-electron chi connectivity index (χ4n) is 5.90. The molecule has 3 N–H and O–H groups in total. The van der Waals surface area contributed by atoms with Gasteiger partial charge >= 0.3 is 0 Å². The second-order valence-corrected chi connectivity index (χ2v) is 11.6. The van der Waals surface area contributed by atoms with Crippen LogP contribution in [0.1, 0.15) is 56.5 Å². The van der Waals surface area contributed by atoms with E-state index < -0.39 is 11.3 Å². The standard InChI is InChI=1S/C25H31N3O4S/c1-25(2,24(26)30)13-31-23-21(33-18-6-4-3-5-7-18)20(32-28-23)22(29)27-19-16-9-14-8-15(11-16)12-17(19)10-14/h3-7,14-17,19H,8-13H2,1-2H3,(H2,26,30)(H,27,29). The molecule has 1 aromatic heterocycles. The predicted molar refractivity (Wildman–Crippen MR) is 124 cm³/mol. The predicted octanol–water partition coefficient (Wildman–Crippen LogP) is 4.27. The summed E-state index contributed by atoms with van der Waals surface area (Å²) in [4.78, 5) is 26.5. The number of primary amides is 1. The van der Waals surface area contributed by atoms with Crippen LogP contribution in [-0.4, -0.2) is 29.6 Å². The lowest BCUT2D eigenvalue weighted by Gasteiger charge is -2.54. The number of amides is 2. The van der Waals surface area contributed by atoms with Gasteiger partial charge in [-0.3, -0.25) is 9.59 Å². The molecular formula is C25H31N3O4S. The third kappa shape index (κ3) is 4.50. The van der Waals surface area contributed by atoms with E-state index in [9.17, 15) is 9.59 Å². The Hall–Kier alpha value is -2.48. The maximum atomic E-state index is 13.4. The number of nitrogens with one attached hydrogen (secondary N) is 1. The summed E-state index contributed by atoms with van der Waals surface area (Å²) < 4.78 is 11.4. The van der Waals surface area contributed by atoms with Gasteiger partial charge in [-0.05, 0) is 86.9 Å². The third-order valence-electron chi connectivity index (χ3n) is 7.55. The lowest BCUT2D eigenvalue weighted by atomic mass is 9.54. The Balaban J connectivity index is 1.37. The highest BCUT2D eigenvalue weighted by atomic mass is 32.2. The van der Waals surface area contributed by atoms with Crippen LogP contribution in [0.5, 0.6) is 5.88 Å². The van der Waals surface area contributed by atoms with Crippen molar-refractivity contribution < 1.29 is 18.8 Å².